The van der Waals surface area contributed by atoms with Gasteiger partial charge in [-0.15, -0.1) is 0 Å². The number of hydrogen-bond acceptors (Lipinski definition) is 3. The van der Waals surface area contributed by atoms with E-state index >= 15 is 0 Å². The van der Waals surface area contributed by atoms with Gasteiger partial charge in [0.2, 0.25) is 0 Å². The maximum Gasteiger partial charge on any atom is 0.0897 e. The van der Waals surface area contributed by atoms with Crippen LogP contribution in [0.1, 0.15) is 25.5 Å². The van der Waals surface area contributed by atoms with Gasteiger partial charge in [-0.25, -0.2) is 0 Å². The van der Waals surface area contributed by atoms with Crippen LogP contribution < -0.4 is 5.32 Å². The molecule has 1 aromatic carbocycles. The predicted molar refractivity (Wildman–Crippen MR) is 73.1 cm³/mol. The van der Waals surface area contributed by atoms with Crippen LogP contribution in [0.5, 0.6) is 0 Å². The molecule has 1 aromatic rings. The molecular formula is C13H20BrNO2. The van der Waals surface area contributed by atoms with E-state index in [1.807, 2.05) is 19.1 Å². The molecule has 0 aliphatic rings. The highest BCUT2D eigenvalue weighted by molar-refractivity contribution is 9.10. The zero-order valence-corrected chi connectivity index (χ0v) is 11.9. The number of ether oxygens (including phenoxy) is 1. The van der Waals surface area contributed by atoms with Gasteiger partial charge in [-0.05, 0) is 31.5 Å². The fourth-order valence-corrected chi connectivity index (χ4v) is 1.94. The highest BCUT2D eigenvalue weighted by Crippen LogP contribution is 2.17. The number of nitrogens with one attached hydrogen (secondary N) is 1. The molecule has 3 nitrogen and oxygen atoms in total. The second-order valence-electron chi connectivity index (χ2n) is 4.00. The van der Waals surface area contributed by atoms with Gasteiger partial charge in [0.15, 0.2) is 0 Å². The van der Waals surface area contributed by atoms with Crippen molar-refractivity contribution in [2.24, 2.45) is 0 Å². The van der Waals surface area contributed by atoms with Crippen molar-refractivity contribution in [2.45, 2.75) is 26.0 Å². The molecule has 0 aromatic heterocycles. The van der Waals surface area contributed by atoms with E-state index in [1.165, 1.54) is 5.56 Å². The van der Waals surface area contributed by atoms with Gasteiger partial charge in [-0.2, -0.15) is 0 Å². The lowest BCUT2D eigenvalue weighted by Crippen LogP contribution is -2.32. The summed E-state index contributed by atoms with van der Waals surface area (Å²) in [4.78, 5) is 0. The van der Waals surface area contributed by atoms with Gasteiger partial charge in [0.05, 0.1) is 12.7 Å². The molecule has 0 aliphatic carbocycles. The van der Waals surface area contributed by atoms with Crippen LogP contribution in [0.25, 0.3) is 0 Å². The molecule has 2 N–H and O–H groups in total. The molecular weight excluding hydrogens is 282 g/mol. The summed E-state index contributed by atoms with van der Waals surface area (Å²) in [6.45, 7) is 5.56. The number of aliphatic hydroxyl groups is 1. The molecule has 0 saturated carbocycles. The summed E-state index contributed by atoms with van der Waals surface area (Å²) >= 11 is 3.45. The van der Waals surface area contributed by atoms with E-state index in [2.05, 4.69) is 40.3 Å². The summed E-state index contributed by atoms with van der Waals surface area (Å²) in [7, 11) is 0. The van der Waals surface area contributed by atoms with Gasteiger partial charge < -0.3 is 15.2 Å². The number of benzene rings is 1. The molecule has 2 atom stereocenters. The third-order valence-corrected chi connectivity index (χ3v) is 3.02. The predicted octanol–water partition coefficient (Wildman–Crippen LogP) is 2.50. The second kappa shape index (κ2) is 7.82. The largest absolute Gasteiger partial charge is 0.389 e. The Morgan fingerprint density at radius 1 is 1.47 bits per heavy atom. The Balaban J connectivity index is 2.36. The Hall–Kier alpha value is -0.420. The average Bonchev–Trinajstić information content (AvgIpc) is 2.33. The highest BCUT2D eigenvalue weighted by atomic mass is 79.9. The van der Waals surface area contributed by atoms with Gasteiger partial charge in [-0.3, -0.25) is 0 Å². The van der Waals surface area contributed by atoms with Crippen LogP contribution in [0.15, 0.2) is 28.7 Å². The summed E-state index contributed by atoms with van der Waals surface area (Å²) in [6.07, 6.45) is -0.454. The highest BCUT2D eigenvalue weighted by Gasteiger charge is 2.08. The molecule has 0 bridgehead atoms. The number of aliphatic hydroxyl groups excluding tert-OH is 1. The van der Waals surface area contributed by atoms with E-state index in [1.54, 1.807) is 0 Å². The van der Waals surface area contributed by atoms with Crippen LogP contribution >= 0.6 is 15.9 Å². The topological polar surface area (TPSA) is 41.5 Å². The molecule has 1 rings (SSSR count). The Morgan fingerprint density at radius 2 is 2.24 bits per heavy atom. The zero-order chi connectivity index (χ0) is 12.7. The van der Waals surface area contributed by atoms with Crippen LogP contribution in [0.4, 0.5) is 0 Å². The molecule has 96 valence electrons. The van der Waals surface area contributed by atoms with E-state index in [0.29, 0.717) is 19.8 Å². The van der Waals surface area contributed by atoms with Crippen molar-refractivity contribution in [3.63, 3.8) is 0 Å². The molecule has 0 amide bonds. The number of rotatable bonds is 7. The molecule has 0 aliphatic heterocycles. The second-order valence-corrected chi connectivity index (χ2v) is 4.91. The van der Waals surface area contributed by atoms with Crippen molar-refractivity contribution >= 4 is 15.9 Å². The molecule has 4 heteroatoms. The maximum atomic E-state index is 9.63. The first-order valence-electron chi connectivity index (χ1n) is 5.88. The Morgan fingerprint density at radius 3 is 2.88 bits per heavy atom. The van der Waals surface area contributed by atoms with Crippen molar-refractivity contribution in [1.29, 1.82) is 0 Å². The monoisotopic (exact) mass is 301 g/mol. The molecule has 0 saturated heterocycles. The van der Waals surface area contributed by atoms with Gasteiger partial charge in [-0.1, -0.05) is 28.1 Å². The van der Waals surface area contributed by atoms with Crippen molar-refractivity contribution < 1.29 is 9.84 Å². The van der Waals surface area contributed by atoms with E-state index in [-0.39, 0.29) is 6.04 Å². The molecule has 0 radical (unpaired) electrons. The smallest absolute Gasteiger partial charge is 0.0897 e. The number of halogens is 1. The van der Waals surface area contributed by atoms with Crippen molar-refractivity contribution in [3.05, 3.63) is 34.3 Å². The fourth-order valence-electron chi connectivity index (χ4n) is 1.52. The zero-order valence-electron chi connectivity index (χ0n) is 10.3. The third-order valence-electron chi connectivity index (χ3n) is 2.52. The minimum atomic E-state index is -0.454. The van der Waals surface area contributed by atoms with Crippen LogP contribution in [0.2, 0.25) is 0 Å². The van der Waals surface area contributed by atoms with Gasteiger partial charge in [0.25, 0.3) is 0 Å². The molecule has 0 fully saturated rings. The quantitative estimate of drug-likeness (QED) is 0.813. The minimum absolute atomic E-state index is 0.212. The van der Waals surface area contributed by atoms with Gasteiger partial charge in [0, 0.05) is 23.7 Å². The van der Waals surface area contributed by atoms with Crippen LogP contribution in [0.3, 0.4) is 0 Å². The van der Waals surface area contributed by atoms with E-state index in [4.69, 9.17) is 4.74 Å². The van der Waals surface area contributed by atoms with Crippen LogP contribution in [0, 0.1) is 0 Å². The van der Waals surface area contributed by atoms with Crippen LogP contribution in [-0.4, -0.2) is 31.0 Å². The number of hydrogen-bond donors (Lipinski definition) is 2. The standard InChI is InChI=1S/C13H20BrNO2/c1-3-17-9-13(16)8-15-10(2)11-5-4-6-12(14)7-11/h4-7,10,13,15-16H,3,8-9H2,1-2H3/t10-,13?/m0/s1. The SMILES string of the molecule is CCOCC(O)CN[C@@H](C)c1cccc(Br)c1. The van der Waals surface area contributed by atoms with E-state index in [0.717, 1.165) is 4.47 Å². The first kappa shape index (κ1) is 14.6. The van der Waals surface area contributed by atoms with Crippen molar-refractivity contribution in [3.8, 4) is 0 Å². The minimum Gasteiger partial charge on any atom is -0.389 e. The lowest BCUT2D eigenvalue weighted by atomic mass is 10.1. The fraction of sp³-hybridized carbons (Fsp3) is 0.538. The van der Waals surface area contributed by atoms with Crippen LogP contribution in [-0.2, 0) is 4.74 Å². The summed E-state index contributed by atoms with van der Waals surface area (Å²) in [6, 6.07) is 8.36. The lowest BCUT2D eigenvalue weighted by Gasteiger charge is -2.17. The Bertz CT molecular complexity index is 333. The van der Waals surface area contributed by atoms with E-state index in [9.17, 15) is 5.11 Å². The summed E-state index contributed by atoms with van der Waals surface area (Å²) in [5.74, 6) is 0. The van der Waals surface area contributed by atoms with Crippen molar-refractivity contribution in [2.75, 3.05) is 19.8 Å². The first-order chi connectivity index (χ1) is 8.13. The summed E-state index contributed by atoms with van der Waals surface area (Å²) in [5.41, 5.74) is 1.20. The summed E-state index contributed by atoms with van der Waals surface area (Å²) in [5, 5.41) is 12.9. The normalized spacial score (nSPS) is 14.6. The third kappa shape index (κ3) is 5.64. The molecule has 17 heavy (non-hydrogen) atoms. The van der Waals surface area contributed by atoms with Gasteiger partial charge >= 0.3 is 0 Å². The average molecular weight is 302 g/mol. The van der Waals surface area contributed by atoms with E-state index < -0.39 is 6.10 Å². The Labute approximate surface area is 111 Å². The summed E-state index contributed by atoms with van der Waals surface area (Å²) < 4.78 is 6.22. The van der Waals surface area contributed by atoms with Gasteiger partial charge in [0.1, 0.15) is 0 Å². The van der Waals surface area contributed by atoms with Crippen molar-refractivity contribution in [1.82, 2.24) is 5.32 Å². The maximum absolute atomic E-state index is 9.63. The Kier molecular flexibility index (Phi) is 6.73. The first-order valence-corrected chi connectivity index (χ1v) is 6.67. The lowest BCUT2D eigenvalue weighted by molar-refractivity contribution is 0.0416. The molecule has 1 unspecified atom stereocenters. The molecule has 0 spiro atoms. The molecule has 0 heterocycles.